The van der Waals surface area contributed by atoms with Gasteiger partial charge < -0.3 is 13.6 Å². The monoisotopic (exact) mass is 318 g/mol. The highest BCUT2D eigenvalue weighted by Crippen LogP contribution is 2.67. The number of hydrogen-bond donors (Lipinski definition) is 0. The van der Waals surface area contributed by atoms with E-state index in [0.29, 0.717) is 6.42 Å². The van der Waals surface area contributed by atoms with Crippen LogP contribution in [0.1, 0.15) is 19.4 Å². The molecule has 0 aliphatic carbocycles. The number of hydrogen-bond acceptors (Lipinski definition) is 4. The van der Waals surface area contributed by atoms with Crippen LogP contribution in [0.2, 0.25) is 0 Å². The lowest BCUT2D eigenvalue weighted by Gasteiger charge is -2.29. The minimum atomic E-state index is -3.38. The first-order valence-electron chi connectivity index (χ1n) is 6.81. The Morgan fingerprint density at radius 3 is 1.90 bits per heavy atom. The van der Waals surface area contributed by atoms with Crippen LogP contribution >= 0.6 is 14.7 Å². The molecule has 0 bridgehead atoms. The molecule has 0 aliphatic rings. The summed E-state index contributed by atoms with van der Waals surface area (Å²) in [5, 5.41) is -0.600. The van der Waals surface area contributed by atoms with Crippen LogP contribution in [-0.4, -0.2) is 31.9 Å². The van der Waals surface area contributed by atoms with E-state index >= 15 is 0 Å². The maximum absolute atomic E-state index is 12.9. The Morgan fingerprint density at radius 2 is 1.50 bits per heavy atom. The fourth-order valence-corrected chi connectivity index (χ4v) is 7.41. The normalized spacial score (nSPS) is 14.2. The first-order valence-corrected chi connectivity index (χ1v) is 11.1. The van der Waals surface area contributed by atoms with Crippen LogP contribution in [0.4, 0.5) is 0 Å². The molecule has 0 heterocycles. The third-order valence-corrected chi connectivity index (χ3v) is 9.25. The highest BCUT2D eigenvalue weighted by molar-refractivity contribution is 7.77. The third-order valence-electron chi connectivity index (χ3n) is 2.96. The molecule has 0 spiro atoms. The summed E-state index contributed by atoms with van der Waals surface area (Å²) in [4.78, 5) is 0. The fourth-order valence-electron chi connectivity index (χ4n) is 2.07. The van der Waals surface area contributed by atoms with Gasteiger partial charge in [-0.25, -0.2) is 0 Å². The van der Waals surface area contributed by atoms with Crippen molar-refractivity contribution in [1.82, 2.24) is 0 Å². The van der Waals surface area contributed by atoms with Gasteiger partial charge in [0, 0.05) is 0 Å². The molecule has 0 amide bonds. The first-order chi connectivity index (χ1) is 9.33. The topological polar surface area (TPSA) is 52.6 Å². The second kappa shape index (κ2) is 7.56. The minimum Gasteiger partial charge on any atom is -0.323 e. The summed E-state index contributed by atoms with van der Waals surface area (Å²) in [5.41, 5.74) is 0.987. The molecule has 0 N–H and O–H groups in total. The summed E-state index contributed by atoms with van der Waals surface area (Å²) in [5.74, 6) is 0. The lowest BCUT2D eigenvalue weighted by molar-refractivity contribution is 0.217. The van der Waals surface area contributed by atoms with Crippen molar-refractivity contribution in [2.75, 3.05) is 26.5 Å². The molecule has 0 aliphatic heterocycles. The van der Waals surface area contributed by atoms with Crippen LogP contribution in [-0.2, 0) is 24.6 Å². The van der Waals surface area contributed by atoms with Gasteiger partial charge in [-0.3, -0.25) is 4.57 Å². The third kappa shape index (κ3) is 4.86. The molecule has 1 atom stereocenters. The Morgan fingerprint density at radius 1 is 1.00 bits per heavy atom. The maximum Gasteiger partial charge on any atom is 0.341 e. The van der Waals surface area contributed by atoms with Gasteiger partial charge in [-0.15, -0.1) is 0 Å². The molecule has 1 rings (SSSR count). The van der Waals surface area contributed by atoms with Crippen molar-refractivity contribution >= 4 is 14.7 Å². The Bertz CT molecular complexity index is 485. The molecule has 1 unspecified atom stereocenters. The van der Waals surface area contributed by atoms with Crippen molar-refractivity contribution in [2.45, 2.75) is 25.7 Å². The Balaban J connectivity index is 3.11. The van der Waals surface area contributed by atoms with Crippen LogP contribution in [0.15, 0.2) is 30.3 Å². The van der Waals surface area contributed by atoms with Crippen molar-refractivity contribution in [3.8, 4) is 0 Å². The standard InChI is InChI=1S/C14H24O4P2/c1-5-17-20(16,18-6-2)14(19(3,4)15)12-13-10-8-7-9-11-13/h7-11,14H,5-6,12H2,1-4H3. The molecule has 1 aromatic rings. The molecule has 0 fully saturated rings. The van der Waals surface area contributed by atoms with E-state index < -0.39 is 20.1 Å². The van der Waals surface area contributed by atoms with Crippen LogP contribution in [0.3, 0.4) is 0 Å². The molecule has 1 aromatic carbocycles. The smallest absolute Gasteiger partial charge is 0.323 e. The average Bonchev–Trinajstić information content (AvgIpc) is 2.36. The zero-order chi connectivity index (χ0) is 15.2. The summed E-state index contributed by atoms with van der Waals surface area (Å²) in [7, 11) is -6.01. The van der Waals surface area contributed by atoms with Crippen molar-refractivity contribution in [3.63, 3.8) is 0 Å². The van der Waals surface area contributed by atoms with Crippen molar-refractivity contribution in [1.29, 1.82) is 0 Å². The quantitative estimate of drug-likeness (QED) is 0.665. The number of rotatable bonds is 8. The minimum absolute atomic E-state index is 0.280. The molecule has 20 heavy (non-hydrogen) atoms. The Kier molecular flexibility index (Phi) is 6.68. The summed E-state index contributed by atoms with van der Waals surface area (Å²) >= 11 is 0. The summed E-state index contributed by atoms with van der Waals surface area (Å²) in [6, 6.07) is 9.61. The van der Waals surface area contributed by atoms with E-state index in [1.54, 1.807) is 27.2 Å². The van der Waals surface area contributed by atoms with Gasteiger partial charge in [-0.05, 0) is 39.2 Å². The molecule has 0 saturated heterocycles. The summed E-state index contributed by atoms with van der Waals surface area (Å²) < 4.78 is 36.3. The predicted molar refractivity (Wildman–Crippen MR) is 84.2 cm³/mol. The van der Waals surface area contributed by atoms with Crippen LogP contribution < -0.4 is 0 Å². The van der Waals surface area contributed by atoms with E-state index in [9.17, 15) is 9.13 Å². The van der Waals surface area contributed by atoms with E-state index in [0.717, 1.165) is 5.56 Å². The average molecular weight is 318 g/mol. The summed E-state index contributed by atoms with van der Waals surface area (Å²) in [6.07, 6.45) is 0.433. The lowest BCUT2D eigenvalue weighted by Crippen LogP contribution is -2.16. The molecule has 0 aromatic heterocycles. The van der Waals surface area contributed by atoms with E-state index in [2.05, 4.69) is 0 Å². The molecule has 0 saturated carbocycles. The van der Waals surface area contributed by atoms with Crippen molar-refractivity contribution < 1.29 is 18.2 Å². The van der Waals surface area contributed by atoms with Gasteiger partial charge in [-0.1, -0.05) is 30.3 Å². The van der Waals surface area contributed by atoms with Crippen LogP contribution in [0, 0.1) is 0 Å². The lowest BCUT2D eigenvalue weighted by atomic mass is 10.2. The van der Waals surface area contributed by atoms with E-state index in [1.165, 1.54) is 0 Å². The highest BCUT2D eigenvalue weighted by Gasteiger charge is 2.43. The Hall–Kier alpha value is -0.400. The second-order valence-electron chi connectivity index (χ2n) is 4.98. The van der Waals surface area contributed by atoms with Gasteiger partial charge in [0.15, 0.2) is 0 Å². The molecule has 0 radical (unpaired) electrons. The second-order valence-corrected chi connectivity index (χ2v) is 11.1. The number of benzene rings is 1. The Labute approximate surface area is 121 Å². The molecular formula is C14H24O4P2. The molecular weight excluding hydrogens is 294 g/mol. The SMILES string of the molecule is CCOP(=O)(OCC)C(Cc1ccccc1)P(C)(C)=O. The fraction of sp³-hybridized carbons (Fsp3) is 0.571. The van der Waals surface area contributed by atoms with Gasteiger partial charge in [0.25, 0.3) is 0 Å². The predicted octanol–water partition coefficient (Wildman–Crippen LogP) is 4.44. The van der Waals surface area contributed by atoms with Crippen LogP contribution in [0.5, 0.6) is 0 Å². The largest absolute Gasteiger partial charge is 0.341 e. The molecule has 6 heteroatoms. The summed E-state index contributed by atoms with van der Waals surface area (Å²) in [6.45, 7) is 7.38. The zero-order valence-electron chi connectivity index (χ0n) is 12.6. The van der Waals surface area contributed by atoms with Crippen LogP contribution in [0.25, 0.3) is 0 Å². The van der Waals surface area contributed by atoms with Gasteiger partial charge in [0.1, 0.15) is 5.40 Å². The van der Waals surface area contributed by atoms with E-state index in [-0.39, 0.29) is 13.2 Å². The highest BCUT2D eigenvalue weighted by atomic mass is 31.2. The van der Waals surface area contributed by atoms with Crippen molar-refractivity contribution in [3.05, 3.63) is 35.9 Å². The first kappa shape index (κ1) is 17.7. The van der Waals surface area contributed by atoms with Gasteiger partial charge >= 0.3 is 7.60 Å². The van der Waals surface area contributed by atoms with Gasteiger partial charge in [0.2, 0.25) is 0 Å². The maximum atomic E-state index is 12.9. The van der Waals surface area contributed by atoms with Crippen molar-refractivity contribution in [2.24, 2.45) is 0 Å². The van der Waals surface area contributed by atoms with Gasteiger partial charge in [-0.2, -0.15) is 0 Å². The molecule has 4 nitrogen and oxygen atoms in total. The van der Waals surface area contributed by atoms with E-state index in [1.807, 2.05) is 30.3 Å². The molecule has 114 valence electrons. The van der Waals surface area contributed by atoms with E-state index in [4.69, 9.17) is 9.05 Å². The zero-order valence-corrected chi connectivity index (χ0v) is 14.4. The van der Waals surface area contributed by atoms with Gasteiger partial charge in [0.05, 0.1) is 20.4 Å².